The summed E-state index contributed by atoms with van der Waals surface area (Å²) >= 11 is 0. The normalized spacial score (nSPS) is 10.5. The Morgan fingerprint density at radius 1 is 1.29 bits per heavy atom. The smallest absolute Gasteiger partial charge is 0.207 e. The van der Waals surface area contributed by atoms with Crippen LogP contribution in [0, 0.1) is 11.6 Å². The molecule has 0 atom stereocenters. The third-order valence-electron chi connectivity index (χ3n) is 2.38. The summed E-state index contributed by atoms with van der Waals surface area (Å²) in [6, 6.07) is 3.74. The number of aromatic nitrogens is 2. The van der Waals surface area contributed by atoms with Gasteiger partial charge >= 0.3 is 0 Å². The Balaban J connectivity index is 2.28. The van der Waals surface area contributed by atoms with Gasteiger partial charge in [-0.2, -0.15) is 0 Å². The summed E-state index contributed by atoms with van der Waals surface area (Å²) < 4.78 is 28.7. The number of imidazole rings is 1. The molecule has 0 aliphatic carbocycles. The first kappa shape index (κ1) is 11.6. The molecule has 1 aromatic carbocycles. The van der Waals surface area contributed by atoms with Crippen LogP contribution in [-0.4, -0.2) is 9.55 Å². The predicted octanol–water partition coefficient (Wildman–Crippen LogP) is 3.31. The van der Waals surface area contributed by atoms with Gasteiger partial charge in [0.15, 0.2) is 0 Å². The molecule has 2 aromatic rings. The molecule has 0 fully saturated rings. The predicted molar refractivity (Wildman–Crippen MR) is 62.2 cm³/mol. The molecule has 0 radical (unpaired) electrons. The molecule has 0 aliphatic rings. The molecule has 17 heavy (non-hydrogen) atoms. The van der Waals surface area contributed by atoms with Crippen molar-refractivity contribution < 1.29 is 8.78 Å². The van der Waals surface area contributed by atoms with Crippen LogP contribution >= 0.6 is 0 Å². The number of rotatable bonds is 4. The van der Waals surface area contributed by atoms with Crippen molar-refractivity contribution in [2.45, 2.75) is 19.9 Å². The van der Waals surface area contributed by atoms with E-state index in [9.17, 15) is 8.78 Å². The van der Waals surface area contributed by atoms with Gasteiger partial charge in [0.05, 0.1) is 0 Å². The third kappa shape index (κ3) is 2.43. The molecule has 0 unspecified atom stereocenters. The van der Waals surface area contributed by atoms with Crippen molar-refractivity contribution in [3.63, 3.8) is 0 Å². The second-order valence-electron chi connectivity index (χ2n) is 3.67. The number of anilines is 2. The maximum atomic E-state index is 13.4. The number of hydrogen-bond acceptors (Lipinski definition) is 2. The Hall–Kier alpha value is -1.91. The number of hydrogen-bond donors (Lipinski definition) is 1. The number of para-hydroxylation sites is 1. The molecular weight excluding hydrogens is 224 g/mol. The Bertz CT molecular complexity index is 488. The van der Waals surface area contributed by atoms with E-state index in [0.29, 0.717) is 5.95 Å². The highest BCUT2D eigenvalue weighted by Gasteiger charge is 2.10. The molecule has 90 valence electrons. The summed E-state index contributed by atoms with van der Waals surface area (Å²) in [6.45, 7) is 2.77. The molecule has 5 heteroatoms. The lowest BCUT2D eigenvalue weighted by molar-refractivity contribution is 0.589. The lowest BCUT2D eigenvalue weighted by atomic mass is 10.3. The van der Waals surface area contributed by atoms with Crippen LogP contribution in [0.15, 0.2) is 30.6 Å². The molecule has 0 bridgehead atoms. The first-order chi connectivity index (χ1) is 8.22. The summed E-state index contributed by atoms with van der Waals surface area (Å²) in [5.74, 6) is -0.817. The molecule has 3 nitrogen and oxygen atoms in total. The molecule has 0 aliphatic heterocycles. The third-order valence-corrected chi connectivity index (χ3v) is 2.38. The van der Waals surface area contributed by atoms with Crippen LogP contribution in [0.4, 0.5) is 20.4 Å². The van der Waals surface area contributed by atoms with Crippen molar-refractivity contribution in [2.75, 3.05) is 5.32 Å². The maximum absolute atomic E-state index is 13.4. The van der Waals surface area contributed by atoms with Crippen molar-refractivity contribution >= 4 is 11.6 Å². The van der Waals surface area contributed by atoms with Crippen molar-refractivity contribution in [1.29, 1.82) is 0 Å². The van der Waals surface area contributed by atoms with E-state index in [1.807, 2.05) is 11.5 Å². The van der Waals surface area contributed by atoms with Gasteiger partial charge in [0.2, 0.25) is 5.95 Å². The van der Waals surface area contributed by atoms with E-state index in [-0.39, 0.29) is 5.69 Å². The molecule has 0 amide bonds. The Morgan fingerprint density at radius 3 is 2.65 bits per heavy atom. The van der Waals surface area contributed by atoms with E-state index >= 15 is 0 Å². The van der Waals surface area contributed by atoms with Crippen LogP contribution in [0.2, 0.25) is 0 Å². The minimum absolute atomic E-state index is 0.170. The number of benzene rings is 1. The highest BCUT2D eigenvalue weighted by molar-refractivity contribution is 5.55. The van der Waals surface area contributed by atoms with Gasteiger partial charge in [-0.15, -0.1) is 0 Å². The largest absolute Gasteiger partial charge is 0.321 e. The summed E-state index contributed by atoms with van der Waals surface area (Å²) in [7, 11) is 0. The van der Waals surface area contributed by atoms with Crippen molar-refractivity contribution in [3.05, 3.63) is 42.2 Å². The second-order valence-corrected chi connectivity index (χ2v) is 3.67. The van der Waals surface area contributed by atoms with Crippen LogP contribution in [0.5, 0.6) is 0 Å². The highest BCUT2D eigenvalue weighted by Crippen LogP contribution is 2.22. The zero-order valence-corrected chi connectivity index (χ0v) is 9.45. The van der Waals surface area contributed by atoms with Crippen LogP contribution in [-0.2, 0) is 6.54 Å². The molecular formula is C12H13F2N3. The zero-order valence-electron chi connectivity index (χ0n) is 9.45. The molecule has 1 N–H and O–H groups in total. The van der Waals surface area contributed by atoms with Crippen molar-refractivity contribution in [3.8, 4) is 0 Å². The fourth-order valence-electron chi connectivity index (χ4n) is 1.58. The second kappa shape index (κ2) is 4.95. The quantitative estimate of drug-likeness (QED) is 0.884. The average molecular weight is 237 g/mol. The molecule has 0 spiro atoms. The maximum Gasteiger partial charge on any atom is 0.207 e. The van der Waals surface area contributed by atoms with Gasteiger partial charge in [0, 0.05) is 18.9 Å². The van der Waals surface area contributed by atoms with E-state index < -0.39 is 11.6 Å². The minimum Gasteiger partial charge on any atom is -0.321 e. The zero-order chi connectivity index (χ0) is 12.3. The first-order valence-corrected chi connectivity index (χ1v) is 5.44. The van der Waals surface area contributed by atoms with Crippen molar-refractivity contribution in [2.24, 2.45) is 0 Å². The van der Waals surface area contributed by atoms with Gasteiger partial charge < -0.3 is 9.88 Å². The molecule has 1 heterocycles. The number of nitrogens with zero attached hydrogens (tertiary/aromatic N) is 2. The Kier molecular flexibility index (Phi) is 3.37. The number of halogens is 2. The SMILES string of the molecule is CCCn1ccnc1Nc1c(F)cccc1F. The highest BCUT2D eigenvalue weighted by atomic mass is 19.1. The van der Waals surface area contributed by atoms with Crippen LogP contribution in [0.25, 0.3) is 0 Å². The summed E-state index contributed by atoms with van der Waals surface area (Å²) in [4.78, 5) is 4.03. The Labute approximate surface area is 98.1 Å². The van der Waals surface area contributed by atoms with E-state index in [1.54, 1.807) is 12.4 Å². The summed E-state index contributed by atoms with van der Waals surface area (Å²) in [5.41, 5.74) is -0.170. The number of nitrogens with one attached hydrogen (secondary N) is 1. The minimum atomic E-state index is -0.629. The summed E-state index contributed by atoms with van der Waals surface area (Å²) in [5, 5.41) is 2.68. The van der Waals surface area contributed by atoms with Gasteiger partial charge in [-0.25, -0.2) is 13.8 Å². The van der Waals surface area contributed by atoms with Gasteiger partial charge in [-0.1, -0.05) is 13.0 Å². The molecule has 2 rings (SSSR count). The fraction of sp³-hybridized carbons (Fsp3) is 0.250. The van der Waals surface area contributed by atoms with Gasteiger partial charge in [0.1, 0.15) is 17.3 Å². The first-order valence-electron chi connectivity index (χ1n) is 5.44. The van der Waals surface area contributed by atoms with Crippen LogP contribution in [0.3, 0.4) is 0 Å². The fourth-order valence-corrected chi connectivity index (χ4v) is 1.58. The standard InChI is InChI=1S/C12H13F2N3/c1-2-7-17-8-6-15-12(17)16-11-9(13)4-3-5-10(11)14/h3-6,8H,2,7H2,1H3,(H,15,16). The number of aryl methyl sites for hydroxylation is 1. The van der Waals surface area contributed by atoms with E-state index in [1.165, 1.54) is 18.2 Å². The van der Waals surface area contributed by atoms with Crippen molar-refractivity contribution in [1.82, 2.24) is 9.55 Å². The van der Waals surface area contributed by atoms with Gasteiger partial charge in [0.25, 0.3) is 0 Å². The Morgan fingerprint density at radius 2 is 2.00 bits per heavy atom. The van der Waals surface area contributed by atoms with Crippen LogP contribution in [0.1, 0.15) is 13.3 Å². The van der Waals surface area contributed by atoms with E-state index in [0.717, 1.165) is 13.0 Å². The van der Waals surface area contributed by atoms with Gasteiger partial charge in [-0.05, 0) is 18.6 Å². The molecule has 1 aromatic heterocycles. The van der Waals surface area contributed by atoms with E-state index in [4.69, 9.17) is 0 Å². The monoisotopic (exact) mass is 237 g/mol. The molecule has 0 saturated carbocycles. The lowest BCUT2D eigenvalue weighted by Gasteiger charge is -2.10. The average Bonchev–Trinajstić information content (AvgIpc) is 2.72. The summed E-state index contributed by atoms with van der Waals surface area (Å²) in [6.07, 6.45) is 4.28. The van der Waals surface area contributed by atoms with Gasteiger partial charge in [-0.3, -0.25) is 0 Å². The lowest BCUT2D eigenvalue weighted by Crippen LogP contribution is -2.05. The van der Waals surface area contributed by atoms with E-state index in [2.05, 4.69) is 10.3 Å². The topological polar surface area (TPSA) is 29.9 Å². The van der Waals surface area contributed by atoms with Crippen LogP contribution < -0.4 is 5.32 Å². The molecule has 0 saturated heterocycles.